The maximum Gasteiger partial charge on any atom is 0.224 e. The summed E-state index contributed by atoms with van der Waals surface area (Å²) < 4.78 is 0. The van der Waals surface area contributed by atoms with E-state index in [1.54, 1.807) is 12.1 Å². The molecule has 0 spiro atoms. The molecular weight excluding hydrogens is 212 g/mol. The monoisotopic (exact) mass is 226 g/mol. The van der Waals surface area contributed by atoms with Gasteiger partial charge in [-0.3, -0.25) is 4.79 Å². The Labute approximate surface area is 94.6 Å². The predicted molar refractivity (Wildman–Crippen MR) is 61.8 cm³/mol. The van der Waals surface area contributed by atoms with Crippen molar-refractivity contribution in [2.24, 2.45) is 5.73 Å². The van der Waals surface area contributed by atoms with Crippen LogP contribution in [0.2, 0.25) is 5.02 Å². The van der Waals surface area contributed by atoms with Crippen LogP contribution in [0.25, 0.3) is 0 Å². The summed E-state index contributed by atoms with van der Waals surface area (Å²) in [4.78, 5) is 11.5. The molecule has 0 aliphatic rings. The SMILES string of the molecule is CC(CN)NC(=O)Cc1ccc(Cl)cc1. The van der Waals surface area contributed by atoms with Crippen molar-refractivity contribution in [1.29, 1.82) is 0 Å². The largest absolute Gasteiger partial charge is 0.352 e. The van der Waals surface area contributed by atoms with Gasteiger partial charge in [-0.25, -0.2) is 0 Å². The molecule has 15 heavy (non-hydrogen) atoms. The molecule has 0 fully saturated rings. The summed E-state index contributed by atoms with van der Waals surface area (Å²) in [5.74, 6) is -0.0183. The molecule has 1 rings (SSSR count). The fourth-order valence-electron chi connectivity index (χ4n) is 1.17. The van der Waals surface area contributed by atoms with Crippen LogP contribution in [0.4, 0.5) is 0 Å². The predicted octanol–water partition coefficient (Wildman–Crippen LogP) is 1.35. The standard InChI is InChI=1S/C11H15ClN2O/c1-8(7-13)14-11(15)6-9-2-4-10(12)5-3-9/h2-5,8H,6-7,13H2,1H3,(H,14,15). The Morgan fingerprint density at radius 1 is 1.47 bits per heavy atom. The third kappa shape index (κ3) is 4.32. The van der Waals surface area contributed by atoms with Crippen LogP contribution in [-0.4, -0.2) is 18.5 Å². The van der Waals surface area contributed by atoms with Gasteiger partial charge in [0.25, 0.3) is 0 Å². The molecule has 0 saturated heterocycles. The lowest BCUT2D eigenvalue weighted by molar-refractivity contribution is -0.120. The molecule has 0 heterocycles. The number of amides is 1. The van der Waals surface area contributed by atoms with Gasteiger partial charge in [0.2, 0.25) is 5.91 Å². The van der Waals surface area contributed by atoms with Crippen molar-refractivity contribution < 1.29 is 4.79 Å². The zero-order chi connectivity index (χ0) is 11.3. The second-order valence-corrected chi connectivity index (χ2v) is 3.94. The van der Waals surface area contributed by atoms with Gasteiger partial charge >= 0.3 is 0 Å². The molecule has 0 radical (unpaired) electrons. The molecule has 1 aromatic rings. The first-order valence-electron chi connectivity index (χ1n) is 4.85. The highest BCUT2D eigenvalue weighted by atomic mass is 35.5. The van der Waals surface area contributed by atoms with Gasteiger partial charge in [0.05, 0.1) is 6.42 Å². The van der Waals surface area contributed by atoms with Gasteiger partial charge in [-0.15, -0.1) is 0 Å². The molecule has 0 saturated carbocycles. The van der Waals surface area contributed by atoms with E-state index >= 15 is 0 Å². The van der Waals surface area contributed by atoms with E-state index in [4.69, 9.17) is 17.3 Å². The van der Waals surface area contributed by atoms with Crippen LogP contribution in [0.5, 0.6) is 0 Å². The third-order valence-corrected chi connectivity index (χ3v) is 2.29. The van der Waals surface area contributed by atoms with Crippen LogP contribution in [0.3, 0.4) is 0 Å². The first-order chi connectivity index (χ1) is 7.11. The minimum absolute atomic E-state index is 0.0183. The number of halogens is 1. The van der Waals surface area contributed by atoms with Gasteiger partial charge in [0.15, 0.2) is 0 Å². The summed E-state index contributed by atoms with van der Waals surface area (Å²) in [6.07, 6.45) is 0.363. The molecule has 0 aliphatic carbocycles. The molecule has 82 valence electrons. The van der Waals surface area contributed by atoms with Crippen LogP contribution in [0.1, 0.15) is 12.5 Å². The van der Waals surface area contributed by atoms with E-state index in [0.717, 1.165) is 5.56 Å². The number of hydrogen-bond acceptors (Lipinski definition) is 2. The maximum absolute atomic E-state index is 11.5. The Hall–Kier alpha value is -1.06. The van der Waals surface area contributed by atoms with Crippen LogP contribution < -0.4 is 11.1 Å². The van der Waals surface area contributed by atoms with Gasteiger partial charge < -0.3 is 11.1 Å². The number of carbonyl (C=O) groups is 1. The summed E-state index contributed by atoms with van der Waals surface area (Å²) >= 11 is 5.74. The minimum Gasteiger partial charge on any atom is -0.352 e. The van der Waals surface area contributed by atoms with Crippen molar-refractivity contribution in [2.75, 3.05) is 6.54 Å². The quantitative estimate of drug-likeness (QED) is 0.814. The Morgan fingerprint density at radius 2 is 2.07 bits per heavy atom. The van der Waals surface area contributed by atoms with Crippen LogP contribution >= 0.6 is 11.6 Å². The maximum atomic E-state index is 11.5. The fourth-order valence-corrected chi connectivity index (χ4v) is 1.30. The Kier molecular flexibility index (Phi) is 4.59. The molecule has 0 bridgehead atoms. The van der Waals surface area contributed by atoms with E-state index < -0.39 is 0 Å². The second-order valence-electron chi connectivity index (χ2n) is 3.51. The van der Waals surface area contributed by atoms with Crippen LogP contribution in [0.15, 0.2) is 24.3 Å². The summed E-state index contributed by atoms with van der Waals surface area (Å²) in [6.45, 7) is 2.33. The molecule has 3 nitrogen and oxygen atoms in total. The summed E-state index contributed by atoms with van der Waals surface area (Å²) in [5.41, 5.74) is 6.35. The second kappa shape index (κ2) is 5.73. The Morgan fingerprint density at radius 3 is 2.60 bits per heavy atom. The van der Waals surface area contributed by atoms with Crippen molar-refractivity contribution in [2.45, 2.75) is 19.4 Å². The average Bonchev–Trinajstić information content (AvgIpc) is 2.21. The normalized spacial score (nSPS) is 12.2. The number of nitrogens with two attached hydrogens (primary N) is 1. The van der Waals surface area contributed by atoms with E-state index in [1.165, 1.54) is 0 Å². The van der Waals surface area contributed by atoms with E-state index in [-0.39, 0.29) is 11.9 Å². The van der Waals surface area contributed by atoms with Crippen LogP contribution in [0, 0.1) is 0 Å². The molecule has 4 heteroatoms. The smallest absolute Gasteiger partial charge is 0.224 e. The topological polar surface area (TPSA) is 55.1 Å². The van der Waals surface area contributed by atoms with Crippen molar-refractivity contribution in [3.8, 4) is 0 Å². The van der Waals surface area contributed by atoms with Gasteiger partial charge in [-0.1, -0.05) is 23.7 Å². The molecule has 0 aromatic heterocycles. The number of carbonyl (C=O) groups excluding carboxylic acids is 1. The van der Waals surface area contributed by atoms with Gasteiger partial charge in [0.1, 0.15) is 0 Å². The van der Waals surface area contributed by atoms with Crippen molar-refractivity contribution in [3.05, 3.63) is 34.9 Å². The Bertz CT molecular complexity index is 324. The van der Waals surface area contributed by atoms with Crippen molar-refractivity contribution in [1.82, 2.24) is 5.32 Å². The number of nitrogens with one attached hydrogen (secondary N) is 1. The zero-order valence-electron chi connectivity index (χ0n) is 8.66. The highest BCUT2D eigenvalue weighted by Gasteiger charge is 2.06. The van der Waals surface area contributed by atoms with E-state index in [1.807, 2.05) is 19.1 Å². The first kappa shape index (κ1) is 12.0. The molecule has 1 atom stereocenters. The lowest BCUT2D eigenvalue weighted by atomic mass is 10.1. The lowest BCUT2D eigenvalue weighted by Gasteiger charge is -2.10. The zero-order valence-corrected chi connectivity index (χ0v) is 9.42. The molecule has 1 unspecified atom stereocenters. The molecule has 3 N–H and O–H groups in total. The summed E-state index contributed by atoms with van der Waals surface area (Å²) in [5, 5.41) is 3.47. The highest BCUT2D eigenvalue weighted by molar-refractivity contribution is 6.30. The van der Waals surface area contributed by atoms with E-state index in [9.17, 15) is 4.79 Å². The van der Waals surface area contributed by atoms with Crippen LogP contribution in [-0.2, 0) is 11.2 Å². The van der Waals surface area contributed by atoms with Gasteiger partial charge in [-0.05, 0) is 24.6 Å². The molecule has 0 aliphatic heterocycles. The minimum atomic E-state index is -0.0183. The fraction of sp³-hybridized carbons (Fsp3) is 0.364. The van der Waals surface area contributed by atoms with Gasteiger partial charge in [-0.2, -0.15) is 0 Å². The average molecular weight is 227 g/mol. The van der Waals surface area contributed by atoms with Crippen molar-refractivity contribution in [3.63, 3.8) is 0 Å². The summed E-state index contributed by atoms with van der Waals surface area (Å²) in [7, 11) is 0. The number of benzene rings is 1. The van der Waals surface area contributed by atoms with Crippen molar-refractivity contribution >= 4 is 17.5 Å². The number of rotatable bonds is 4. The third-order valence-electron chi connectivity index (χ3n) is 2.04. The lowest BCUT2D eigenvalue weighted by Crippen LogP contribution is -2.38. The van der Waals surface area contributed by atoms with E-state index in [0.29, 0.717) is 18.0 Å². The van der Waals surface area contributed by atoms with Gasteiger partial charge in [0, 0.05) is 17.6 Å². The first-order valence-corrected chi connectivity index (χ1v) is 5.23. The highest BCUT2D eigenvalue weighted by Crippen LogP contribution is 2.09. The molecule has 1 aromatic carbocycles. The van der Waals surface area contributed by atoms with E-state index in [2.05, 4.69) is 5.32 Å². The molecule has 1 amide bonds. The molecular formula is C11H15ClN2O. The Balaban J connectivity index is 2.48. The number of hydrogen-bond donors (Lipinski definition) is 2. The summed E-state index contributed by atoms with van der Waals surface area (Å²) in [6, 6.07) is 7.25.